The maximum Gasteiger partial charge on any atom is 0.191 e. The van der Waals surface area contributed by atoms with Gasteiger partial charge in [0.25, 0.3) is 0 Å². The monoisotopic (exact) mass is 290 g/mol. The first-order chi connectivity index (χ1) is 9.15. The Labute approximate surface area is 121 Å². The molecule has 1 aromatic carbocycles. The number of aryl methyl sites for hydroxylation is 2. The molecule has 4 nitrogen and oxygen atoms in total. The summed E-state index contributed by atoms with van der Waals surface area (Å²) in [5.74, 6) is 0. The van der Waals surface area contributed by atoms with Gasteiger partial charge in [0, 0.05) is 11.1 Å². The predicted octanol–water partition coefficient (Wildman–Crippen LogP) is 3.08. The number of anilines is 1. The minimum absolute atomic E-state index is 0.457. The van der Waals surface area contributed by atoms with Crippen LogP contribution < -0.4 is 10.7 Å². The van der Waals surface area contributed by atoms with Crippen LogP contribution in [0.4, 0.5) is 5.69 Å². The van der Waals surface area contributed by atoms with Gasteiger partial charge in [0.15, 0.2) is 5.11 Å². The topological polar surface area (TPSA) is 49.3 Å². The van der Waals surface area contributed by atoms with Crippen LogP contribution in [-0.2, 0) is 0 Å². The number of hydrazone groups is 1. The molecule has 0 aliphatic heterocycles. The Morgan fingerprint density at radius 3 is 2.89 bits per heavy atom. The largest absolute Gasteiger partial charge is 0.331 e. The number of benzene rings is 1. The molecule has 0 saturated carbocycles. The lowest BCUT2D eigenvalue weighted by atomic mass is 10.1. The SMILES string of the molecule is Cc1ccc(NC(=S)NN=Cc2ccsn2)c(C)c1. The molecule has 0 radical (unpaired) electrons. The van der Waals surface area contributed by atoms with Gasteiger partial charge < -0.3 is 5.32 Å². The summed E-state index contributed by atoms with van der Waals surface area (Å²) >= 11 is 6.56. The van der Waals surface area contributed by atoms with Gasteiger partial charge in [0.1, 0.15) is 0 Å². The second-order valence-electron chi connectivity index (χ2n) is 4.07. The van der Waals surface area contributed by atoms with Gasteiger partial charge >= 0.3 is 0 Å². The molecule has 19 heavy (non-hydrogen) atoms. The molecular weight excluding hydrogens is 276 g/mol. The van der Waals surface area contributed by atoms with Gasteiger partial charge in [-0.15, -0.1) is 0 Å². The third-order valence-electron chi connectivity index (χ3n) is 2.45. The molecule has 0 amide bonds. The molecule has 6 heteroatoms. The van der Waals surface area contributed by atoms with Gasteiger partial charge in [-0.25, -0.2) is 0 Å². The minimum atomic E-state index is 0.457. The van der Waals surface area contributed by atoms with Crippen LogP contribution in [0.25, 0.3) is 0 Å². The van der Waals surface area contributed by atoms with Crippen LogP contribution in [0.3, 0.4) is 0 Å². The van der Waals surface area contributed by atoms with Crippen LogP contribution in [0, 0.1) is 13.8 Å². The normalized spacial score (nSPS) is 10.6. The third kappa shape index (κ3) is 4.11. The Kier molecular flexibility index (Phi) is 4.59. The van der Waals surface area contributed by atoms with E-state index in [9.17, 15) is 0 Å². The lowest BCUT2D eigenvalue weighted by Crippen LogP contribution is -2.24. The molecule has 2 rings (SSSR count). The molecule has 1 aromatic heterocycles. The summed E-state index contributed by atoms with van der Waals surface area (Å²) in [5.41, 5.74) is 6.93. The molecular formula is C13H14N4S2. The zero-order valence-corrected chi connectivity index (χ0v) is 12.3. The van der Waals surface area contributed by atoms with Crippen LogP contribution >= 0.6 is 23.8 Å². The quantitative estimate of drug-likeness (QED) is 0.518. The number of nitrogens with one attached hydrogen (secondary N) is 2. The lowest BCUT2D eigenvalue weighted by molar-refractivity contribution is 1.05. The summed E-state index contributed by atoms with van der Waals surface area (Å²) in [6.45, 7) is 4.10. The van der Waals surface area contributed by atoms with E-state index < -0.39 is 0 Å². The first-order valence-corrected chi connectivity index (χ1v) is 6.97. The maximum absolute atomic E-state index is 5.17. The fourth-order valence-electron chi connectivity index (χ4n) is 1.55. The van der Waals surface area contributed by atoms with E-state index in [1.54, 1.807) is 6.21 Å². The molecule has 0 atom stereocenters. The molecule has 2 aromatic rings. The van der Waals surface area contributed by atoms with Crippen molar-refractivity contribution >= 4 is 40.8 Å². The van der Waals surface area contributed by atoms with Crippen LogP contribution in [0.15, 0.2) is 34.7 Å². The first kappa shape index (κ1) is 13.6. The molecule has 1 heterocycles. The zero-order valence-electron chi connectivity index (χ0n) is 10.7. The fourth-order valence-corrected chi connectivity index (χ4v) is 2.20. The van der Waals surface area contributed by atoms with Crippen LogP contribution in [0.1, 0.15) is 16.8 Å². The molecule has 98 valence electrons. The van der Waals surface area contributed by atoms with Crippen molar-refractivity contribution in [2.75, 3.05) is 5.32 Å². The molecule has 0 unspecified atom stereocenters. The van der Waals surface area contributed by atoms with Crippen LogP contribution in [-0.4, -0.2) is 15.7 Å². The molecule has 0 fully saturated rings. The highest BCUT2D eigenvalue weighted by atomic mass is 32.1. The average molecular weight is 290 g/mol. The number of aromatic nitrogens is 1. The second-order valence-corrected chi connectivity index (χ2v) is 5.14. The lowest BCUT2D eigenvalue weighted by Gasteiger charge is -2.10. The standard InChI is InChI=1S/C13H14N4S2/c1-9-3-4-12(10(2)7-9)15-13(18)16-14-8-11-5-6-19-17-11/h3-8H,1-2H3,(H2,15,16,18). The number of thiocarbonyl (C=S) groups is 1. The van der Waals surface area contributed by atoms with Crippen molar-refractivity contribution in [1.29, 1.82) is 0 Å². The van der Waals surface area contributed by atoms with E-state index in [1.165, 1.54) is 17.1 Å². The van der Waals surface area contributed by atoms with E-state index in [0.29, 0.717) is 5.11 Å². The molecule has 0 spiro atoms. The van der Waals surface area contributed by atoms with Crippen molar-refractivity contribution in [3.8, 4) is 0 Å². The Hall–Kier alpha value is -1.79. The number of nitrogens with zero attached hydrogens (tertiary/aromatic N) is 2. The van der Waals surface area contributed by atoms with Gasteiger partial charge in [-0.3, -0.25) is 5.43 Å². The molecule has 0 aliphatic carbocycles. The van der Waals surface area contributed by atoms with E-state index >= 15 is 0 Å². The van der Waals surface area contributed by atoms with Gasteiger partial charge in [0.05, 0.1) is 11.9 Å². The third-order valence-corrected chi connectivity index (χ3v) is 3.22. The van der Waals surface area contributed by atoms with E-state index in [0.717, 1.165) is 16.9 Å². The predicted molar refractivity (Wildman–Crippen MR) is 85.0 cm³/mol. The van der Waals surface area contributed by atoms with Crippen molar-refractivity contribution in [1.82, 2.24) is 9.80 Å². The van der Waals surface area contributed by atoms with Crippen molar-refractivity contribution in [2.45, 2.75) is 13.8 Å². The maximum atomic E-state index is 5.17. The number of hydrogen-bond donors (Lipinski definition) is 2. The van der Waals surface area contributed by atoms with Crippen molar-refractivity contribution in [3.05, 3.63) is 46.5 Å². The Morgan fingerprint density at radius 1 is 1.37 bits per heavy atom. The molecule has 2 N–H and O–H groups in total. The van der Waals surface area contributed by atoms with E-state index in [-0.39, 0.29) is 0 Å². The second kappa shape index (κ2) is 6.40. The summed E-state index contributed by atoms with van der Waals surface area (Å²) in [5, 5.41) is 9.48. The average Bonchev–Trinajstić information content (AvgIpc) is 2.86. The minimum Gasteiger partial charge on any atom is -0.331 e. The van der Waals surface area contributed by atoms with E-state index in [1.807, 2.05) is 30.5 Å². The van der Waals surface area contributed by atoms with E-state index in [4.69, 9.17) is 12.2 Å². The molecule has 0 aliphatic rings. The summed E-state index contributed by atoms with van der Waals surface area (Å²) in [4.78, 5) is 0. The van der Waals surface area contributed by atoms with Crippen molar-refractivity contribution in [3.63, 3.8) is 0 Å². The Morgan fingerprint density at radius 2 is 2.21 bits per heavy atom. The summed E-state index contributed by atoms with van der Waals surface area (Å²) in [6, 6.07) is 8.03. The number of rotatable bonds is 3. The van der Waals surface area contributed by atoms with Crippen molar-refractivity contribution in [2.24, 2.45) is 5.10 Å². The van der Waals surface area contributed by atoms with Crippen molar-refractivity contribution < 1.29 is 0 Å². The summed E-state index contributed by atoms with van der Waals surface area (Å²) < 4.78 is 4.11. The Balaban J connectivity index is 1.91. The van der Waals surface area contributed by atoms with Gasteiger partial charge in [0.2, 0.25) is 0 Å². The van der Waals surface area contributed by atoms with Gasteiger partial charge in [-0.05, 0) is 55.3 Å². The van der Waals surface area contributed by atoms with E-state index in [2.05, 4.69) is 33.2 Å². The highest BCUT2D eigenvalue weighted by Crippen LogP contribution is 2.15. The number of hydrogen-bond acceptors (Lipinski definition) is 4. The van der Waals surface area contributed by atoms with Gasteiger partial charge in [-0.1, -0.05) is 17.7 Å². The summed E-state index contributed by atoms with van der Waals surface area (Å²) in [7, 11) is 0. The molecule has 0 bridgehead atoms. The highest BCUT2D eigenvalue weighted by molar-refractivity contribution is 7.80. The smallest absolute Gasteiger partial charge is 0.191 e. The van der Waals surface area contributed by atoms with Crippen LogP contribution in [0.5, 0.6) is 0 Å². The Bertz CT molecular complexity index is 591. The van der Waals surface area contributed by atoms with Gasteiger partial charge in [-0.2, -0.15) is 9.47 Å². The zero-order chi connectivity index (χ0) is 13.7. The summed E-state index contributed by atoms with van der Waals surface area (Å²) in [6.07, 6.45) is 1.63. The van der Waals surface area contributed by atoms with Crippen LogP contribution in [0.2, 0.25) is 0 Å². The fraction of sp³-hybridized carbons (Fsp3) is 0.154. The molecule has 0 saturated heterocycles. The first-order valence-electron chi connectivity index (χ1n) is 5.73. The highest BCUT2D eigenvalue weighted by Gasteiger charge is 2.00.